The van der Waals surface area contributed by atoms with Crippen LogP contribution in [0.3, 0.4) is 0 Å². The minimum absolute atomic E-state index is 0.00817. The molecule has 3 aliphatic rings. The summed E-state index contributed by atoms with van der Waals surface area (Å²) < 4.78 is 9.93. The zero-order chi connectivity index (χ0) is 31.3. The molecule has 238 valence electrons. The first kappa shape index (κ1) is 29.9. The molecule has 11 nitrogen and oxygen atoms in total. The molecule has 2 unspecified atom stereocenters. The summed E-state index contributed by atoms with van der Waals surface area (Å²) in [5.41, 5.74) is 5.27. The van der Waals surface area contributed by atoms with Crippen LogP contribution in [0, 0.1) is 5.41 Å². The van der Waals surface area contributed by atoms with E-state index in [4.69, 9.17) is 19.7 Å². The van der Waals surface area contributed by atoms with E-state index >= 15 is 0 Å². The van der Waals surface area contributed by atoms with Crippen LogP contribution in [0.4, 0.5) is 0 Å². The summed E-state index contributed by atoms with van der Waals surface area (Å²) in [5, 5.41) is 7.70. The van der Waals surface area contributed by atoms with Crippen molar-refractivity contribution in [1.29, 1.82) is 0 Å². The monoisotopic (exact) mass is 612 g/mol. The molecule has 2 N–H and O–H groups in total. The Balaban J connectivity index is 1.25. The maximum atomic E-state index is 13.6. The summed E-state index contributed by atoms with van der Waals surface area (Å²) in [6.45, 7) is 10.3. The van der Waals surface area contributed by atoms with E-state index < -0.39 is 5.41 Å². The summed E-state index contributed by atoms with van der Waals surface area (Å²) >= 11 is 0. The third-order valence-corrected chi connectivity index (χ3v) is 9.83. The summed E-state index contributed by atoms with van der Waals surface area (Å²) in [7, 11) is 2.00. The molecule has 0 aromatic carbocycles. The number of amides is 2. The van der Waals surface area contributed by atoms with Crippen LogP contribution in [-0.4, -0.2) is 79.7 Å². The summed E-state index contributed by atoms with van der Waals surface area (Å²) in [4.78, 5) is 43.8. The van der Waals surface area contributed by atoms with E-state index in [0.29, 0.717) is 43.8 Å². The minimum Gasteiger partial charge on any atom is -0.378 e. The third-order valence-electron chi connectivity index (χ3n) is 9.83. The van der Waals surface area contributed by atoms with Gasteiger partial charge in [0, 0.05) is 56.5 Å². The van der Waals surface area contributed by atoms with E-state index in [2.05, 4.69) is 27.3 Å². The standard InChI is InChI=1S/C34H44N8O3/c1-21-25-10-9-22-17-28(42(29(22)37-25)14-8-6-5-7-12-34(2,3)33(44)36-21)31-39-27-18-24-26(38-30(27)40(31)4)11-15-41(32(24)43)19-23-20-45-16-13-35-23/h9-10,17-18,21,23,35H,5-8,11-16,19-20H2,1-4H3,(H,36,44). The summed E-state index contributed by atoms with van der Waals surface area (Å²) in [6, 6.07) is 8.12. The number of hydrogen-bond donors (Lipinski definition) is 2. The Bertz CT molecular complexity index is 1770. The minimum atomic E-state index is -0.409. The summed E-state index contributed by atoms with van der Waals surface area (Å²) in [6.07, 6.45) is 5.76. The Hall–Kier alpha value is -3.83. The van der Waals surface area contributed by atoms with Crippen molar-refractivity contribution in [3.63, 3.8) is 0 Å². The van der Waals surface area contributed by atoms with Crippen LogP contribution >= 0.6 is 0 Å². The number of nitrogens with one attached hydrogen (secondary N) is 2. The SMILES string of the molecule is CC1NC(=O)C(C)(C)CCCCCCn2c(-c3nc4cc5c(nc4n3C)CCN(CC3COCCN3)C5=O)cc3ccc1nc32. The smallest absolute Gasteiger partial charge is 0.255 e. The van der Waals surface area contributed by atoms with Gasteiger partial charge in [-0.15, -0.1) is 0 Å². The van der Waals surface area contributed by atoms with Crippen molar-refractivity contribution in [2.75, 3.05) is 32.8 Å². The maximum Gasteiger partial charge on any atom is 0.255 e. The number of aryl methyl sites for hydroxylation is 2. The van der Waals surface area contributed by atoms with Gasteiger partial charge >= 0.3 is 0 Å². The molecule has 0 aliphatic carbocycles. The number of rotatable bonds is 3. The van der Waals surface area contributed by atoms with Gasteiger partial charge in [-0.3, -0.25) is 9.59 Å². The second kappa shape index (κ2) is 11.8. The Morgan fingerprint density at radius 1 is 1.02 bits per heavy atom. The first-order valence-electron chi connectivity index (χ1n) is 16.5. The van der Waals surface area contributed by atoms with Gasteiger partial charge in [-0.05, 0) is 44.0 Å². The molecule has 4 aromatic rings. The molecule has 7 heterocycles. The van der Waals surface area contributed by atoms with Gasteiger partial charge in [-0.25, -0.2) is 15.0 Å². The molecule has 45 heavy (non-hydrogen) atoms. The number of fused-ring (bicyclic) bond motifs is 3. The van der Waals surface area contributed by atoms with Crippen molar-refractivity contribution in [1.82, 2.24) is 39.6 Å². The largest absolute Gasteiger partial charge is 0.378 e. The second-order valence-corrected chi connectivity index (χ2v) is 13.6. The van der Waals surface area contributed by atoms with E-state index in [-0.39, 0.29) is 23.9 Å². The van der Waals surface area contributed by atoms with Gasteiger partial charge in [0.1, 0.15) is 11.2 Å². The zero-order valence-corrected chi connectivity index (χ0v) is 26.9. The number of ether oxygens (including phenoxy) is 1. The van der Waals surface area contributed by atoms with Crippen LogP contribution in [0.2, 0.25) is 0 Å². The molecule has 0 radical (unpaired) electrons. The highest BCUT2D eigenvalue weighted by molar-refractivity contribution is 5.99. The van der Waals surface area contributed by atoms with Gasteiger partial charge in [0.25, 0.3) is 5.91 Å². The molecule has 1 saturated heterocycles. The molecule has 2 amide bonds. The summed E-state index contributed by atoms with van der Waals surface area (Å²) in [5.74, 6) is 0.881. The van der Waals surface area contributed by atoms with Crippen LogP contribution in [0.5, 0.6) is 0 Å². The maximum absolute atomic E-state index is 13.6. The fourth-order valence-corrected chi connectivity index (χ4v) is 7.01. The van der Waals surface area contributed by atoms with E-state index in [9.17, 15) is 9.59 Å². The Labute approximate surface area is 263 Å². The molecule has 2 bridgehead atoms. The molecule has 7 rings (SSSR count). The lowest BCUT2D eigenvalue weighted by Gasteiger charge is -2.33. The number of hydrogen-bond acceptors (Lipinski definition) is 7. The van der Waals surface area contributed by atoms with Gasteiger partial charge in [0.15, 0.2) is 11.5 Å². The molecule has 1 fully saturated rings. The highest BCUT2D eigenvalue weighted by Gasteiger charge is 2.31. The molecule has 3 aliphatic heterocycles. The van der Waals surface area contributed by atoms with Crippen molar-refractivity contribution in [2.24, 2.45) is 12.5 Å². The average molecular weight is 613 g/mol. The second-order valence-electron chi connectivity index (χ2n) is 13.6. The zero-order valence-electron chi connectivity index (χ0n) is 26.9. The Morgan fingerprint density at radius 3 is 2.69 bits per heavy atom. The van der Waals surface area contributed by atoms with E-state index in [1.165, 1.54) is 0 Å². The van der Waals surface area contributed by atoms with E-state index in [1.54, 1.807) is 0 Å². The van der Waals surface area contributed by atoms with Crippen molar-refractivity contribution in [3.05, 3.63) is 41.2 Å². The van der Waals surface area contributed by atoms with E-state index in [0.717, 1.165) is 84.8 Å². The van der Waals surface area contributed by atoms with Crippen molar-refractivity contribution >= 4 is 34.0 Å². The number of nitrogens with zero attached hydrogens (tertiary/aromatic N) is 6. The molecule has 11 heteroatoms. The topological polar surface area (TPSA) is 119 Å². The van der Waals surface area contributed by atoms with Crippen molar-refractivity contribution < 1.29 is 14.3 Å². The van der Waals surface area contributed by atoms with E-state index in [1.807, 2.05) is 49.4 Å². The van der Waals surface area contributed by atoms with Gasteiger partial charge in [-0.1, -0.05) is 33.1 Å². The van der Waals surface area contributed by atoms with Crippen molar-refractivity contribution in [3.8, 4) is 11.5 Å². The van der Waals surface area contributed by atoms with Crippen molar-refractivity contribution in [2.45, 2.75) is 77.9 Å². The number of imidazole rings is 1. The van der Waals surface area contributed by atoms with Crippen LogP contribution in [-0.2, 0) is 29.5 Å². The molecule has 2 atom stereocenters. The predicted octanol–water partition coefficient (Wildman–Crippen LogP) is 4.14. The normalized spacial score (nSPS) is 22.9. The number of carbonyl (C=O) groups excluding carboxylic acids is 2. The fraction of sp³-hybridized carbons (Fsp3) is 0.559. The number of aromatic nitrogens is 5. The lowest BCUT2D eigenvalue weighted by Crippen LogP contribution is -2.51. The third kappa shape index (κ3) is 5.61. The molecular weight excluding hydrogens is 568 g/mol. The quantitative estimate of drug-likeness (QED) is 0.357. The van der Waals surface area contributed by atoms with Gasteiger partial charge in [0.2, 0.25) is 5.91 Å². The first-order chi connectivity index (χ1) is 21.7. The van der Waals surface area contributed by atoms with Gasteiger partial charge in [-0.2, -0.15) is 0 Å². The average Bonchev–Trinajstić information content (AvgIpc) is 3.55. The number of carbonyl (C=O) groups is 2. The van der Waals surface area contributed by atoms with Crippen LogP contribution in [0.15, 0.2) is 24.3 Å². The molecule has 0 saturated carbocycles. The lowest BCUT2D eigenvalue weighted by atomic mass is 9.85. The van der Waals surface area contributed by atoms with Crippen LogP contribution in [0.1, 0.15) is 80.7 Å². The Morgan fingerprint density at radius 2 is 1.87 bits per heavy atom. The lowest BCUT2D eigenvalue weighted by molar-refractivity contribution is -0.130. The molecule has 0 spiro atoms. The van der Waals surface area contributed by atoms with Gasteiger partial charge in [0.05, 0.1) is 41.9 Å². The highest BCUT2D eigenvalue weighted by Crippen LogP contribution is 2.33. The predicted molar refractivity (Wildman–Crippen MR) is 173 cm³/mol. The van der Waals surface area contributed by atoms with Gasteiger partial charge < -0.3 is 29.4 Å². The van der Waals surface area contributed by atoms with Crippen LogP contribution < -0.4 is 10.6 Å². The number of morpholine rings is 1. The first-order valence-corrected chi connectivity index (χ1v) is 16.5. The Kier molecular flexibility index (Phi) is 7.85. The number of pyridine rings is 2. The highest BCUT2D eigenvalue weighted by atomic mass is 16.5. The van der Waals surface area contributed by atoms with Crippen LogP contribution in [0.25, 0.3) is 33.7 Å². The molecular formula is C34H44N8O3. The molecule has 4 aromatic heterocycles. The fourth-order valence-electron chi connectivity index (χ4n) is 7.01.